The first-order valence-corrected chi connectivity index (χ1v) is 8.79. The molecule has 2 nitrogen and oxygen atoms in total. The Labute approximate surface area is 154 Å². The second-order valence-electron chi connectivity index (χ2n) is 6.89. The van der Waals surface area contributed by atoms with Gasteiger partial charge in [-0.3, -0.25) is 0 Å². The molecule has 4 aromatic rings. The lowest BCUT2D eigenvalue weighted by Gasteiger charge is -2.17. The van der Waals surface area contributed by atoms with E-state index >= 15 is 0 Å². The van der Waals surface area contributed by atoms with E-state index in [1.54, 1.807) is 0 Å². The number of benzene rings is 4. The largest absolute Gasteiger partial charge is 0.398 e. The van der Waals surface area contributed by atoms with Crippen LogP contribution < -0.4 is 11.5 Å². The number of nitrogen functional groups attached to an aromatic ring is 2. The van der Waals surface area contributed by atoms with Gasteiger partial charge < -0.3 is 11.5 Å². The molecule has 0 heterocycles. The van der Waals surface area contributed by atoms with Crippen LogP contribution in [0.1, 0.15) is 11.1 Å². The lowest BCUT2D eigenvalue weighted by Crippen LogP contribution is -2.00. The van der Waals surface area contributed by atoms with E-state index in [0.29, 0.717) is 5.69 Å². The zero-order valence-electron chi connectivity index (χ0n) is 15.1. The Hall–Kier alpha value is -3.26. The van der Waals surface area contributed by atoms with Crippen LogP contribution in [0.25, 0.3) is 33.0 Å². The van der Waals surface area contributed by atoms with Gasteiger partial charge in [-0.05, 0) is 41.8 Å². The van der Waals surface area contributed by atoms with Gasteiger partial charge in [0.2, 0.25) is 0 Å². The molecule has 4 N–H and O–H groups in total. The molecule has 0 amide bonds. The van der Waals surface area contributed by atoms with Crippen LogP contribution in [-0.4, -0.2) is 0 Å². The molecule has 26 heavy (non-hydrogen) atoms. The van der Waals surface area contributed by atoms with Gasteiger partial charge in [-0.25, -0.2) is 0 Å². The molecule has 0 bridgehead atoms. The normalized spacial score (nSPS) is 11.0. The molecule has 0 saturated heterocycles. The van der Waals surface area contributed by atoms with Gasteiger partial charge in [-0.2, -0.15) is 0 Å². The highest BCUT2D eigenvalue weighted by atomic mass is 14.6. The van der Waals surface area contributed by atoms with Crippen molar-refractivity contribution in [1.29, 1.82) is 0 Å². The Morgan fingerprint density at radius 2 is 1.35 bits per heavy atom. The Morgan fingerprint density at radius 3 is 2.12 bits per heavy atom. The van der Waals surface area contributed by atoms with Gasteiger partial charge in [0, 0.05) is 22.5 Å². The molecule has 0 aliphatic rings. The van der Waals surface area contributed by atoms with Crippen LogP contribution in [0.5, 0.6) is 0 Å². The number of hydrogen-bond donors (Lipinski definition) is 2. The summed E-state index contributed by atoms with van der Waals surface area (Å²) < 4.78 is 0. The highest BCUT2D eigenvalue weighted by Crippen LogP contribution is 2.41. The molecule has 0 aliphatic carbocycles. The molecule has 0 fully saturated rings. The molecule has 0 unspecified atom stereocenters. The number of fused-ring (bicyclic) bond motifs is 1. The fraction of sp³-hybridized carbons (Fsp3) is 0.0833. The molecule has 128 valence electrons. The molecule has 0 atom stereocenters. The first-order valence-electron chi connectivity index (χ1n) is 8.79. The van der Waals surface area contributed by atoms with Crippen LogP contribution in [0.4, 0.5) is 11.4 Å². The highest BCUT2D eigenvalue weighted by Gasteiger charge is 2.15. The van der Waals surface area contributed by atoms with Crippen molar-refractivity contribution in [1.82, 2.24) is 0 Å². The van der Waals surface area contributed by atoms with E-state index in [9.17, 15) is 0 Å². The maximum absolute atomic E-state index is 6.66. The Kier molecular flexibility index (Phi) is 3.89. The fourth-order valence-corrected chi connectivity index (χ4v) is 3.76. The monoisotopic (exact) mass is 338 g/mol. The van der Waals surface area contributed by atoms with E-state index in [1.165, 1.54) is 16.5 Å². The van der Waals surface area contributed by atoms with Crippen molar-refractivity contribution in [2.45, 2.75) is 13.8 Å². The van der Waals surface area contributed by atoms with Crippen molar-refractivity contribution >= 4 is 22.1 Å². The van der Waals surface area contributed by atoms with E-state index in [1.807, 2.05) is 24.3 Å². The average Bonchev–Trinajstić information content (AvgIpc) is 2.61. The van der Waals surface area contributed by atoms with Gasteiger partial charge in [-0.1, -0.05) is 77.9 Å². The lowest BCUT2D eigenvalue weighted by atomic mass is 9.91. The fourth-order valence-electron chi connectivity index (χ4n) is 3.76. The van der Waals surface area contributed by atoms with Crippen LogP contribution >= 0.6 is 0 Å². The Bertz CT molecular complexity index is 1100. The van der Waals surface area contributed by atoms with E-state index < -0.39 is 0 Å². The maximum Gasteiger partial charge on any atom is 0.0494 e. The summed E-state index contributed by atoms with van der Waals surface area (Å²) in [4.78, 5) is 0. The van der Waals surface area contributed by atoms with Crippen LogP contribution in [0.3, 0.4) is 0 Å². The Morgan fingerprint density at radius 1 is 0.654 bits per heavy atom. The molecule has 0 radical (unpaired) electrons. The van der Waals surface area contributed by atoms with Gasteiger partial charge in [0.15, 0.2) is 0 Å². The minimum Gasteiger partial charge on any atom is -0.398 e. The number of nitrogens with two attached hydrogens (primary N) is 2. The molecular formula is C24H22N2. The summed E-state index contributed by atoms with van der Waals surface area (Å²) in [6.07, 6.45) is 0. The summed E-state index contributed by atoms with van der Waals surface area (Å²) in [7, 11) is 0. The van der Waals surface area contributed by atoms with E-state index in [0.717, 1.165) is 33.3 Å². The zero-order valence-corrected chi connectivity index (χ0v) is 15.1. The summed E-state index contributed by atoms with van der Waals surface area (Å²) in [5.74, 6) is 0. The minimum atomic E-state index is 0.701. The molecule has 0 spiro atoms. The van der Waals surface area contributed by atoms with Gasteiger partial charge in [-0.15, -0.1) is 0 Å². The van der Waals surface area contributed by atoms with Crippen molar-refractivity contribution in [2.24, 2.45) is 0 Å². The van der Waals surface area contributed by atoms with E-state index in [2.05, 4.69) is 62.4 Å². The van der Waals surface area contributed by atoms with E-state index in [-0.39, 0.29) is 0 Å². The third-order valence-electron chi connectivity index (χ3n) is 4.87. The second-order valence-corrected chi connectivity index (χ2v) is 6.89. The Balaban J connectivity index is 2.01. The van der Waals surface area contributed by atoms with Crippen LogP contribution in [0.2, 0.25) is 0 Å². The molecule has 4 rings (SSSR count). The van der Waals surface area contributed by atoms with Gasteiger partial charge in [0.1, 0.15) is 0 Å². The van der Waals surface area contributed by atoms with Crippen LogP contribution in [-0.2, 0) is 0 Å². The summed E-state index contributed by atoms with van der Waals surface area (Å²) in [5.41, 5.74) is 21.0. The quantitative estimate of drug-likeness (QED) is 0.443. The van der Waals surface area contributed by atoms with Gasteiger partial charge in [0.05, 0.1) is 0 Å². The summed E-state index contributed by atoms with van der Waals surface area (Å²) in [5, 5.41) is 2.34. The second kappa shape index (κ2) is 6.23. The number of anilines is 2. The third kappa shape index (κ3) is 2.70. The molecule has 2 heteroatoms. The molecule has 0 aliphatic heterocycles. The number of hydrogen-bond acceptors (Lipinski definition) is 2. The van der Waals surface area contributed by atoms with Crippen molar-refractivity contribution in [3.63, 3.8) is 0 Å². The molecule has 0 aromatic heterocycles. The van der Waals surface area contributed by atoms with Crippen molar-refractivity contribution in [2.75, 3.05) is 11.5 Å². The smallest absolute Gasteiger partial charge is 0.0494 e. The number of aryl methyl sites for hydroxylation is 2. The SMILES string of the molecule is Cc1cc(C)cc(-c2ccc(N)c(-c3cccc4ccccc34)c2N)c1. The predicted molar refractivity (Wildman–Crippen MR) is 113 cm³/mol. The highest BCUT2D eigenvalue weighted by molar-refractivity contribution is 6.05. The van der Waals surface area contributed by atoms with Crippen LogP contribution in [0, 0.1) is 13.8 Å². The summed E-state index contributed by atoms with van der Waals surface area (Å²) in [6, 6.07) is 25.1. The molecule has 0 saturated carbocycles. The zero-order chi connectivity index (χ0) is 18.3. The van der Waals surface area contributed by atoms with Crippen molar-refractivity contribution in [3.8, 4) is 22.3 Å². The van der Waals surface area contributed by atoms with Crippen LogP contribution in [0.15, 0.2) is 72.8 Å². The number of rotatable bonds is 2. The average molecular weight is 338 g/mol. The topological polar surface area (TPSA) is 52.0 Å². The standard InChI is InChI=1S/C24H22N2/c1-15-12-16(2)14-18(13-15)20-10-11-22(25)23(24(20)26)21-9-5-7-17-6-3-4-8-19(17)21/h3-14H,25-26H2,1-2H3. The lowest BCUT2D eigenvalue weighted by molar-refractivity contribution is 1.38. The summed E-state index contributed by atoms with van der Waals surface area (Å²) >= 11 is 0. The first-order chi connectivity index (χ1) is 12.5. The maximum atomic E-state index is 6.66. The molecular weight excluding hydrogens is 316 g/mol. The van der Waals surface area contributed by atoms with E-state index in [4.69, 9.17) is 11.5 Å². The summed E-state index contributed by atoms with van der Waals surface area (Å²) in [6.45, 7) is 4.21. The van der Waals surface area contributed by atoms with Gasteiger partial charge in [0.25, 0.3) is 0 Å². The first kappa shape index (κ1) is 16.2. The predicted octanol–water partition coefficient (Wildman–Crippen LogP) is 5.96. The van der Waals surface area contributed by atoms with Crippen molar-refractivity contribution in [3.05, 3.63) is 83.9 Å². The third-order valence-corrected chi connectivity index (χ3v) is 4.87. The minimum absolute atomic E-state index is 0.701. The van der Waals surface area contributed by atoms with Gasteiger partial charge >= 0.3 is 0 Å². The van der Waals surface area contributed by atoms with Crippen molar-refractivity contribution < 1.29 is 0 Å². The molecule has 4 aromatic carbocycles.